The normalized spacial score (nSPS) is 28.4. The molecule has 2 rings (SSSR count). The van der Waals surface area contributed by atoms with Gasteiger partial charge in [-0.15, -0.1) is 0 Å². The Hall–Kier alpha value is -1.55. The standard InChI is InChI=1S/C13H17NO3/c1-9-8-14(13(16)17)11(12(9)15)7-10-5-3-2-4-6-10/h2-6,9,11-12,15H,7-8H2,1H3,(H,16,17). The van der Waals surface area contributed by atoms with E-state index in [2.05, 4.69) is 0 Å². The van der Waals surface area contributed by atoms with Gasteiger partial charge < -0.3 is 15.1 Å². The summed E-state index contributed by atoms with van der Waals surface area (Å²) in [4.78, 5) is 12.5. The summed E-state index contributed by atoms with van der Waals surface area (Å²) in [5.41, 5.74) is 1.05. The zero-order valence-corrected chi connectivity index (χ0v) is 9.78. The van der Waals surface area contributed by atoms with Gasteiger partial charge in [0.1, 0.15) is 0 Å². The van der Waals surface area contributed by atoms with Gasteiger partial charge in [0.15, 0.2) is 0 Å². The lowest BCUT2D eigenvalue weighted by atomic mass is 9.98. The third-order valence-corrected chi connectivity index (χ3v) is 3.40. The van der Waals surface area contributed by atoms with Crippen molar-refractivity contribution in [3.8, 4) is 0 Å². The molecule has 0 aromatic heterocycles. The molecule has 17 heavy (non-hydrogen) atoms. The average molecular weight is 235 g/mol. The highest BCUT2D eigenvalue weighted by Gasteiger charge is 2.40. The highest BCUT2D eigenvalue weighted by atomic mass is 16.4. The number of rotatable bonds is 2. The zero-order chi connectivity index (χ0) is 12.4. The van der Waals surface area contributed by atoms with Gasteiger partial charge in [0.25, 0.3) is 0 Å². The number of hydrogen-bond donors (Lipinski definition) is 2. The van der Waals surface area contributed by atoms with Gasteiger partial charge in [0.05, 0.1) is 12.1 Å². The molecule has 1 fully saturated rings. The topological polar surface area (TPSA) is 60.8 Å². The van der Waals surface area contributed by atoms with Crippen LogP contribution in [0.25, 0.3) is 0 Å². The summed E-state index contributed by atoms with van der Waals surface area (Å²) in [6, 6.07) is 9.35. The van der Waals surface area contributed by atoms with Crippen LogP contribution >= 0.6 is 0 Å². The van der Waals surface area contributed by atoms with Crippen LogP contribution in [0.5, 0.6) is 0 Å². The van der Waals surface area contributed by atoms with Crippen molar-refractivity contribution in [2.45, 2.75) is 25.5 Å². The van der Waals surface area contributed by atoms with Crippen LogP contribution in [0.2, 0.25) is 0 Å². The molecule has 1 aliphatic rings. The number of aliphatic hydroxyl groups excluding tert-OH is 1. The Kier molecular flexibility index (Phi) is 3.33. The van der Waals surface area contributed by atoms with Crippen LogP contribution < -0.4 is 0 Å². The van der Waals surface area contributed by atoms with Gasteiger partial charge in [0.2, 0.25) is 0 Å². The summed E-state index contributed by atoms with van der Waals surface area (Å²) >= 11 is 0. The Morgan fingerprint density at radius 1 is 1.41 bits per heavy atom. The predicted molar refractivity (Wildman–Crippen MR) is 63.8 cm³/mol. The third-order valence-electron chi connectivity index (χ3n) is 3.40. The predicted octanol–water partition coefficient (Wildman–Crippen LogP) is 1.59. The van der Waals surface area contributed by atoms with E-state index in [1.165, 1.54) is 4.90 Å². The van der Waals surface area contributed by atoms with Crippen LogP contribution in [0.3, 0.4) is 0 Å². The summed E-state index contributed by atoms with van der Waals surface area (Å²) in [7, 11) is 0. The Labute approximate surface area is 100 Å². The van der Waals surface area contributed by atoms with Gasteiger partial charge in [-0.2, -0.15) is 0 Å². The van der Waals surface area contributed by atoms with Gasteiger partial charge in [0, 0.05) is 12.5 Å². The maximum Gasteiger partial charge on any atom is 0.407 e. The second-order valence-electron chi connectivity index (χ2n) is 4.66. The second kappa shape index (κ2) is 4.75. The zero-order valence-electron chi connectivity index (χ0n) is 9.78. The molecule has 0 aliphatic carbocycles. The lowest BCUT2D eigenvalue weighted by Crippen LogP contribution is -2.40. The van der Waals surface area contributed by atoms with Crippen molar-refractivity contribution in [3.05, 3.63) is 35.9 Å². The van der Waals surface area contributed by atoms with E-state index in [1.54, 1.807) is 0 Å². The van der Waals surface area contributed by atoms with Crippen molar-refractivity contribution in [1.82, 2.24) is 4.90 Å². The highest BCUT2D eigenvalue weighted by Crippen LogP contribution is 2.26. The van der Waals surface area contributed by atoms with Crippen molar-refractivity contribution in [1.29, 1.82) is 0 Å². The molecule has 0 saturated carbocycles. The molecule has 3 unspecified atom stereocenters. The fourth-order valence-electron chi connectivity index (χ4n) is 2.42. The van der Waals surface area contributed by atoms with Gasteiger partial charge >= 0.3 is 6.09 Å². The summed E-state index contributed by atoms with van der Waals surface area (Å²) in [6.07, 6.45) is -0.959. The number of carbonyl (C=O) groups is 1. The quantitative estimate of drug-likeness (QED) is 0.818. The first-order chi connectivity index (χ1) is 8.09. The molecule has 1 aliphatic heterocycles. The molecule has 1 aromatic carbocycles. The van der Waals surface area contributed by atoms with E-state index >= 15 is 0 Å². The third kappa shape index (κ3) is 2.42. The number of amides is 1. The molecule has 2 N–H and O–H groups in total. The number of likely N-dealkylation sites (tertiary alicyclic amines) is 1. The summed E-state index contributed by atoms with van der Waals surface area (Å²) in [5.74, 6) is -0.000174. The number of nitrogens with zero attached hydrogens (tertiary/aromatic N) is 1. The van der Waals surface area contributed by atoms with E-state index in [9.17, 15) is 9.90 Å². The van der Waals surface area contributed by atoms with Crippen LogP contribution in [-0.2, 0) is 6.42 Å². The van der Waals surface area contributed by atoms with Crippen molar-refractivity contribution < 1.29 is 15.0 Å². The molecular formula is C13H17NO3. The van der Waals surface area contributed by atoms with Crippen LogP contribution in [0, 0.1) is 5.92 Å². The molecule has 1 amide bonds. The molecule has 4 heteroatoms. The molecule has 4 nitrogen and oxygen atoms in total. The van der Waals surface area contributed by atoms with Crippen molar-refractivity contribution in [2.24, 2.45) is 5.92 Å². The van der Waals surface area contributed by atoms with Crippen LogP contribution in [-0.4, -0.2) is 39.9 Å². The van der Waals surface area contributed by atoms with E-state index in [0.717, 1.165) is 5.56 Å². The lowest BCUT2D eigenvalue weighted by molar-refractivity contribution is 0.0905. The maximum atomic E-state index is 11.1. The first-order valence-corrected chi connectivity index (χ1v) is 5.81. The number of aliphatic hydroxyl groups is 1. The maximum absolute atomic E-state index is 11.1. The van der Waals surface area contributed by atoms with Gasteiger partial charge in [-0.05, 0) is 12.0 Å². The van der Waals surface area contributed by atoms with Crippen molar-refractivity contribution >= 4 is 6.09 Å². The molecule has 0 spiro atoms. The minimum Gasteiger partial charge on any atom is -0.465 e. The van der Waals surface area contributed by atoms with Gasteiger partial charge in [-0.3, -0.25) is 0 Å². The largest absolute Gasteiger partial charge is 0.465 e. The minimum atomic E-state index is -0.950. The molecule has 1 saturated heterocycles. The van der Waals surface area contributed by atoms with Crippen LogP contribution in [0.4, 0.5) is 4.79 Å². The fourth-order valence-corrected chi connectivity index (χ4v) is 2.42. The van der Waals surface area contributed by atoms with Crippen molar-refractivity contribution in [3.63, 3.8) is 0 Å². The van der Waals surface area contributed by atoms with Crippen LogP contribution in [0.1, 0.15) is 12.5 Å². The molecule has 3 atom stereocenters. The average Bonchev–Trinajstić information content (AvgIpc) is 2.59. The Morgan fingerprint density at radius 2 is 2.06 bits per heavy atom. The van der Waals surface area contributed by atoms with Gasteiger partial charge in [-0.25, -0.2) is 4.79 Å². The summed E-state index contributed by atoms with van der Waals surface area (Å²) in [5, 5.41) is 19.1. The molecule has 0 radical (unpaired) electrons. The van der Waals surface area contributed by atoms with E-state index in [0.29, 0.717) is 13.0 Å². The summed E-state index contributed by atoms with van der Waals surface area (Å²) in [6.45, 7) is 2.29. The van der Waals surface area contributed by atoms with Crippen molar-refractivity contribution in [2.75, 3.05) is 6.54 Å². The molecule has 1 aromatic rings. The molecule has 1 heterocycles. The monoisotopic (exact) mass is 235 g/mol. The van der Waals surface area contributed by atoms with E-state index in [1.807, 2.05) is 37.3 Å². The fraction of sp³-hybridized carbons (Fsp3) is 0.462. The Balaban J connectivity index is 2.15. The molecule has 92 valence electrons. The van der Waals surface area contributed by atoms with Gasteiger partial charge in [-0.1, -0.05) is 37.3 Å². The van der Waals surface area contributed by atoms with E-state index in [4.69, 9.17) is 5.11 Å². The number of carboxylic acid groups (broad SMARTS) is 1. The molecular weight excluding hydrogens is 218 g/mol. The SMILES string of the molecule is CC1CN(C(=O)O)C(Cc2ccccc2)C1O. The Bertz CT molecular complexity index is 393. The minimum absolute atomic E-state index is 0.000174. The van der Waals surface area contributed by atoms with Crippen LogP contribution in [0.15, 0.2) is 30.3 Å². The highest BCUT2D eigenvalue weighted by molar-refractivity contribution is 5.66. The lowest BCUT2D eigenvalue weighted by Gasteiger charge is -2.23. The van der Waals surface area contributed by atoms with E-state index in [-0.39, 0.29) is 12.0 Å². The second-order valence-corrected chi connectivity index (χ2v) is 4.66. The number of hydrogen-bond acceptors (Lipinski definition) is 2. The first-order valence-electron chi connectivity index (χ1n) is 5.81. The number of benzene rings is 1. The van der Waals surface area contributed by atoms with E-state index < -0.39 is 12.2 Å². The summed E-state index contributed by atoms with van der Waals surface area (Å²) < 4.78 is 0. The Morgan fingerprint density at radius 3 is 2.65 bits per heavy atom. The first kappa shape index (κ1) is 11.9. The smallest absolute Gasteiger partial charge is 0.407 e. The molecule has 0 bridgehead atoms.